The van der Waals surface area contributed by atoms with Gasteiger partial charge in [0.1, 0.15) is 0 Å². The second-order valence-electron chi connectivity index (χ2n) is 4.94. The summed E-state index contributed by atoms with van der Waals surface area (Å²) in [6.07, 6.45) is 0. The zero-order chi connectivity index (χ0) is 14.9. The Balaban J connectivity index is 2.21. The van der Waals surface area contributed by atoms with E-state index >= 15 is 0 Å². The molecule has 0 spiro atoms. The topological polar surface area (TPSA) is 12.0 Å². The molecule has 2 aromatic carbocycles. The molecule has 4 heteroatoms. The molecule has 2 aromatic rings. The van der Waals surface area contributed by atoms with E-state index in [-0.39, 0.29) is 0 Å². The first-order valence-corrected chi connectivity index (χ1v) is 7.89. The Morgan fingerprint density at radius 1 is 0.950 bits per heavy atom. The second-order valence-corrected chi connectivity index (χ2v) is 6.55. The summed E-state index contributed by atoms with van der Waals surface area (Å²) in [6.45, 7) is 7.11. The number of nitrogens with one attached hydrogen (secondary N) is 1. The lowest BCUT2D eigenvalue weighted by Crippen LogP contribution is -2.03. The molecule has 0 amide bonds. The third kappa shape index (κ3) is 3.30. The summed E-state index contributed by atoms with van der Waals surface area (Å²) in [5, 5.41) is 4.43. The van der Waals surface area contributed by atoms with Crippen LogP contribution in [-0.4, -0.2) is 0 Å². The maximum atomic E-state index is 6.24. The van der Waals surface area contributed by atoms with Crippen molar-refractivity contribution in [2.45, 2.75) is 27.3 Å². The lowest BCUT2D eigenvalue weighted by molar-refractivity contribution is 1.10. The molecule has 0 atom stereocenters. The predicted molar refractivity (Wildman–Crippen MR) is 92.1 cm³/mol. The summed E-state index contributed by atoms with van der Waals surface area (Å²) >= 11 is 15.7. The zero-order valence-electron chi connectivity index (χ0n) is 11.7. The van der Waals surface area contributed by atoms with Crippen LogP contribution in [0.25, 0.3) is 0 Å². The molecular weight excluding hydrogens is 357 g/mol. The first-order chi connectivity index (χ1) is 9.40. The van der Waals surface area contributed by atoms with E-state index in [1.54, 1.807) is 0 Å². The fourth-order valence-electron chi connectivity index (χ4n) is 2.06. The molecule has 0 aliphatic rings. The smallest absolute Gasteiger partial charge is 0.0835 e. The molecule has 0 aliphatic heterocycles. The summed E-state index contributed by atoms with van der Waals surface area (Å²) in [4.78, 5) is 0. The van der Waals surface area contributed by atoms with Gasteiger partial charge >= 0.3 is 0 Å². The van der Waals surface area contributed by atoms with Crippen molar-refractivity contribution in [3.63, 3.8) is 0 Å². The highest BCUT2D eigenvalue weighted by Crippen LogP contribution is 2.36. The normalized spacial score (nSPS) is 10.7. The van der Waals surface area contributed by atoms with E-state index < -0.39 is 0 Å². The van der Waals surface area contributed by atoms with E-state index in [9.17, 15) is 0 Å². The third-order valence-corrected chi connectivity index (χ3v) is 5.23. The molecule has 106 valence electrons. The van der Waals surface area contributed by atoms with Crippen LogP contribution in [0.15, 0.2) is 28.7 Å². The molecule has 0 unspecified atom stereocenters. The van der Waals surface area contributed by atoms with Gasteiger partial charge in [-0.3, -0.25) is 0 Å². The maximum Gasteiger partial charge on any atom is 0.0835 e. The Hall–Kier alpha value is -0.700. The van der Waals surface area contributed by atoms with Crippen molar-refractivity contribution in [1.29, 1.82) is 0 Å². The number of aryl methyl sites for hydroxylation is 3. The van der Waals surface area contributed by atoms with Crippen LogP contribution in [-0.2, 0) is 6.54 Å². The van der Waals surface area contributed by atoms with Crippen molar-refractivity contribution in [2.24, 2.45) is 0 Å². The van der Waals surface area contributed by atoms with Gasteiger partial charge in [0.25, 0.3) is 0 Å². The molecule has 0 bridgehead atoms. The van der Waals surface area contributed by atoms with Crippen LogP contribution in [0.1, 0.15) is 22.3 Å². The van der Waals surface area contributed by atoms with Crippen LogP contribution < -0.4 is 5.32 Å². The van der Waals surface area contributed by atoms with Gasteiger partial charge in [0, 0.05) is 11.0 Å². The number of hydrogen-bond acceptors (Lipinski definition) is 1. The second kappa shape index (κ2) is 6.38. The Labute approximate surface area is 138 Å². The quantitative estimate of drug-likeness (QED) is 0.624. The third-order valence-electron chi connectivity index (χ3n) is 3.46. The van der Waals surface area contributed by atoms with E-state index in [2.05, 4.69) is 54.2 Å². The highest BCUT2D eigenvalue weighted by Gasteiger charge is 2.09. The summed E-state index contributed by atoms with van der Waals surface area (Å²) in [5.74, 6) is 0. The number of hydrogen-bond donors (Lipinski definition) is 1. The van der Waals surface area contributed by atoms with Gasteiger partial charge in [-0.2, -0.15) is 0 Å². The molecule has 0 aliphatic carbocycles. The average Bonchev–Trinajstić information content (AvgIpc) is 2.40. The van der Waals surface area contributed by atoms with E-state index in [0.717, 1.165) is 16.7 Å². The monoisotopic (exact) mass is 371 g/mol. The Morgan fingerprint density at radius 3 is 2.30 bits per heavy atom. The van der Waals surface area contributed by atoms with Crippen LogP contribution in [0.2, 0.25) is 10.0 Å². The molecule has 20 heavy (non-hydrogen) atoms. The fraction of sp³-hybridized carbons (Fsp3) is 0.250. The minimum absolute atomic E-state index is 0.536. The van der Waals surface area contributed by atoms with E-state index in [4.69, 9.17) is 23.2 Å². The largest absolute Gasteiger partial charge is 0.380 e. The standard InChI is InChI=1S/C16H16BrCl2N/c1-9-6-11(3)12(7-10(9)2)8-20-14-5-4-13(17)15(18)16(14)19/h4-7,20H,8H2,1-3H3. The first-order valence-electron chi connectivity index (χ1n) is 6.34. The van der Waals surface area contributed by atoms with Gasteiger partial charge in [-0.05, 0) is 71.1 Å². The number of anilines is 1. The van der Waals surface area contributed by atoms with Gasteiger partial charge < -0.3 is 5.32 Å². The number of benzene rings is 2. The van der Waals surface area contributed by atoms with Crippen molar-refractivity contribution in [3.8, 4) is 0 Å². The van der Waals surface area contributed by atoms with E-state index in [1.807, 2.05) is 12.1 Å². The van der Waals surface area contributed by atoms with Gasteiger partial charge in [-0.15, -0.1) is 0 Å². The average molecular weight is 373 g/mol. The van der Waals surface area contributed by atoms with Crippen LogP contribution >= 0.6 is 39.1 Å². The minimum atomic E-state index is 0.536. The molecule has 1 N–H and O–H groups in total. The van der Waals surface area contributed by atoms with E-state index in [0.29, 0.717) is 10.0 Å². The maximum absolute atomic E-state index is 6.24. The lowest BCUT2D eigenvalue weighted by Gasteiger charge is -2.13. The Kier molecular flexibility index (Phi) is 5.00. The van der Waals surface area contributed by atoms with Crippen LogP contribution in [0.5, 0.6) is 0 Å². The van der Waals surface area contributed by atoms with Crippen molar-refractivity contribution in [3.05, 3.63) is 61.0 Å². The van der Waals surface area contributed by atoms with Crippen LogP contribution in [0, 0.1) is 20.8 Å². The SMILES string of the molecule is Cc1cc(C)c(CNc2ccc(Br)c(Cl)c2Cl)cc1C. The predicted octanol–water partition coefficient (Wildman–Crippen LogP) is 6.29. The van der Waals surface area contributed by atoms with Gasteiger partial charge in [-0.1, -0.05) is 35.3 Å². The van der Waals surface area contributed by atoms with Crippen molar-refractivity contribution in [2.75, 3.05) is 5.32 Å². The molecular formula is C16H16BrCl2N. The summed E-state index contributed by atoms with van der Waals surface area (Å²) in [6, 6.07) is 8.24. The zero-order valence-corrected chi connectivity index (χ0v) is 14.7. The molecule has 2 rings (SSSR count). The molecule has 0 fully saturated rings. The highest BCUT2D eigenvalue weighted by atomic mass is 79.9. The highest BCUT2D eigenvalue weighted by molar-refractivity contribution is 9.10. The van der Waals surface area contributed by atoms with Gasteiger partial charge in [0.2, 0.25) is 0 Å². The number of halogens is 3. The van der Waals surface area contributed by atoms with Crippen molar-refractivity contribution >= 4 is 44.8 Å². The Morgan fingerprint density at radius 2 is 1.60 bits per heavy atom. The minimum Gasteiger partial charge on any atom is -0.380 e. The first kappa shape index (κ1) is 15.7. The van der Waals surface area contributed by atoms with Crippen LogP contribution in [0.4, 0.5) is 5.69 Å². The molecule has 0 saturated heterocycles. The Bertz CT molecular complexity index is 651. The van der Waals surface area contributed by atoms with Crippen molar-refractivity contribution in [1.82, 2.24) is 0 Å². The fourth-order valence-corrected chi connectivity index (χ4v) is 2.90. The lowest BCUT2D eigenvalue weighted by atomic mass is 10.0. The number of rotatable bonds is 3. The summed E-state index contributed by atoms with van der Waals surface area (Å²) < 4.78 is 0.803. The molecule has 0 aromatic heterocycles. The van der Waals surface area contributed by atoms with Gasteiger partial charge in [0.05, 0.1) is 15.7 Å². The molecule has 0 heterocycles. The van der Waals surface area contributed by atoms with Gasteiger partial charge in [0.15, 0.2) is 0 Å². The van der Waals surface area contributed by atoms with Crippen LogP contribution in [0.3, 0.4) is 0 Å². The van der Waals surface area contributed by atoms with E-state index in [1.165, 1.54) is 22.3 Å². The molecule has 0 saturated carbocycles. The molecule has 0 radical (unpaired) electrons. The summed E-state index contributed by atoms with van der Waals surface area (Å²) in [5.41, 5.74) is 6.00. The van der Waals surface area contributed by atoms with Gasteiger partial charge in [-0.25, -0.2) is 0 Å². The molecule has 1 nitrogen and oxygen atoms in total. The summed E-state index contributed by atoms with van der Waals surface area (Å²) in [7, 11) is 0. The van der Waals surface area contributed by atoms with Crippen molar-refractivity contribution < 1.29 is 0 Å².